The Hall–Kier alpha value is -0.120. The van der Waals surface area contributed by atoms with Gasteiger partial charge in [0.05, 0.1) is 18.8 Å². The van der Waals surface area contributed by atoms with E-state index in [1.165, 1.54) is 0 Å². The first-order valence-electron chi connectivity index (χ1n) is 4.74. The molecule has 0 amide bonds. The lowest BCUT2D eigenvalue weighted by Crippen LogP contribution is -2.49. The van der Waals surface area contributed by atoms with Gasteiger partial charge in [0.25, 0.3) is 0 Å². The van der Waals surface area contributed by atoms with Gasteiger partial charge in [0.2, 0.25) is 0 Å². The van der Waals surface area contributed by atoms with Crippen LogP contribution in [0.1, 0.15) is 19.8 Å². The second kappa shape index (κ2) is 2.98. The highest BCUT2D eigenvalue weighted by molar-refractivity contribution is 4.98. The van der Waals surface area contributed by atoms with Crippen molar-refractivity contribution >= 4 is 0 Å². The number of hydrogen-bond donors (Lipinski definition) is 2. The summed E-state index contributed by atoms with van der Waals surface area (Å²) in [5, 5.41) is 12.7. The van der Waals surface area contributed by atoms with Gasteiger partial charge in [-0.1, -0.05) is 0 Å². The Labute approximate surface area is 73.1 Å². The van der Waals surface area contributed by atoms with Crippen LogP contribution in [0.2, 0.25) is 0 Å². The van der Waals surface area contributed by atoms with Crippen LogP contribution in [0.25, 0.3) is 0 Å². The van der Waals surface area contributed by atoms with Gasteiger partial charge >= 0.3 is 0 Å². The standard InChI is InChI=1S/C9H17NO2/c1-7-4-9(6-11)5-10-3-2-8(9)12-7/h7-8,10-11H,2-6H2,1H3/t7-,8-,9+/m1/s1. The fourth-order valence-corrected chi connectivity index (χ4v) is 2.53. The number of nitrogens with one attached hydrogen (secondary N) is 1. The first-order valence-corrected chi connectivity index (χ1v) is 4.74. The molecular formula is C9H17NO2. The van der Waals surface area contributed by atoms with Crippen molar-refractivity contribution in [2.75, 3.05) is 19.7 Å². The molecule has 2 aliphatic heterocycles. The topological polar surface area (TPSA) is 41.5 Å². The lowest BCUT2D eigenvalue weighted by Gasteiger charge is -2.36. The quantitative estimate of drug-likeness (QED) is 0.589. The number of aliphatic hydroxyl groups excluding tert-OH is 1. The number of hydrogen-bond acceptors (Lipinski definition) is 3. The summed E-state index contributed by atoms with van der Waals surface area (Å²) in [6, 6.07) is 0. The third-order valence-electron chi connectivity index (χ3n) is 3.15. The van der Waals surface area contributed by atoms with Gasteiger partial charge in [0.15, 0.2) is 0 Å². The molecule has 2 heterocycles. The molecule has 3 atom stereocenters. The fraction of sp³-hybridized carbons (Fsp3) is 1.00. The van der Waals surface area contributed by atoms with E-state index in [0.717, 1.165) is 25.9 Å². The van der Waals surface area contributed by atoms with Gasteiger partial charge in [-0.2, -0.15) is 0 Å². The molecule has 0 aromatic heterocycles. The molecule has 2 aliphatic rings. The molecule has 3 heteroatoms. The maximum atomic E-state index is 9.35. The lowest BCUT2D eigenvalue weighted by atomic mass is 9.77. The van der Waals surface area contributed by atoms with Crippen LogP contribution in [0.5, 0.6) is 0 Å². The van der Waals surface area contributed by atoms with E-state index >= 15 is 0 Å². The Balaban J connectivity index is 2.14. The highest BCUT2D eigenvalue weighted by Crippen LogP contribution is 2.40. The van der Waals surface area contributed by atoms with E-state index in [1.807, 2.05) is 0 Å². The minimum atomic E-state index is 0.0255. The maximum Gasteiger partial charge on any atom is 0.0682 e. The molecule has 0 aliphatic carbocycles. The molecule has 0 spiro atoms. The number of ether oxygens (including phenoxy) is 1. The highest BCUT2D eigenvalue weighted by atomic mass is 16.5. The summed E-state index contributed by atoms with van der Waals surface area (Å²) in [5.41, 5.74) is 0.0255. The summed E-state index contributed by atoms with van der Waals surface area (Å²) in [4.78, 5) is 0. The SMILES string of the molecule is C[C@@H]1C[C@@]2(CO)CNCC[C@H]2O1. The molecule has 70 valence electrons. The molecule has 12 heavy (non-hydrogen) atoms. The van der Waals surface area contributed by atoms with Gasteiger partial charge in [0.1, 0.15) is 0 Å². The first-order chi connectivity index (χ1) is 5.77. The number of piperidine rings is 1. The normalized spacial score (nSPS) is 47.5. The Morgan fingerprint density at radius 3 is 3.17 bits per heavy atom. The monoisotopic (exact) mass is 171 g/mol. The van der Waals surface area contributed by atoms with E-state index in [-0.39, 0.29) is 12.0 Å². The Morgan fingerprint density at radius 1 is 1.67 bits per heavy atom. The van der Waals surface area contributed by atoms with Crippen molar-refractivity contribution in [1.82, 2.24) is 5.32 Å². The molecule has 0 aromatic carbocycles. The average Bonchev–Trinajstić information content (AvgIpc) is 2.41. The Kier molecular flexibility index (Phi) is 2.10. The zero-order valence-electron chi connectivity index (χ0n) is 7.55. The van der Waals surface area contributed by atoms with Crippen LogP contribution in [-0.2, 0) is 4.74 Å². The van der Waals surface area contributed by atoms with Crippen molar-refractivity contribution in [1.29, 1.82) is 0 Å². The number of fused-ring (bicyclic) bond motifs is 1. The van der Waals surface area contributed by atoms with E-state index in [4.69, 9.17) is 4.74 Å². The smallest absolute Gasteiger partial charge is 0.0682 e. The van der Waals surface area contributed by atoms with Gasteiger partial charge in [-0.3, -0.25) is 0 Å². The van der Waals surface area contributed by atoms with Crippen LogP contribution in [0, 0.1) is 5.41 Å². The van der Waals surface area contributed by atoms with Crippen LogP contribution in [0.3, 0.4) is 0 Å². The molecule has 2 saturated heterocycles. The minimum Gasteiger partial charge on any atom is -0.396 e. The molecule has 0 unspecified atom stereocenters. The largest absolute Gasteiger partial charge is 0.396 e. The summed E-state index contributed by atoms with van der Waals surface area (Å²) in [6.45, 7) is 4.29. The van der Waals surface area contributed by atoms with E-state index in [0.29, 0.717) is 12.2 Å². The molecule has 0 aromatic rings. The molecule has 0 radical (unpaired) electrons. The molecular weight excluding hydrogens is 154 g/mol. The third kappa shape index (κ3) is 1.16. The molecule has 2 rings (SSSR count). The van der Waals surface area contributed by atoms with Crippen LogP contribution in [0.15, 0.2) is 0 Å². The van der Waals surface area contributed by atoms with Gasteiger partial charge in [-0.25, -0.2) is 0 Å². The summed E-state index contributed by atoms with van der Waals surface area (Å²) < 4.78 is 5.76. The second-order valence-electron chi connectivity index (χ2n) is 4.13. The van der Waals surface area contributed by atoms with Crippen LogP contribution in [-0.4, -0.2) is 37.0 Å². The summed E-state index contributed by atoms with van der Waals surface area (Å²) in [5.74, 6) is 0. The molecule has 2 N–H and O–H groups in total. The lowest BCUT2D eigenvalue weighted by molar-refractivity contribution is -0.0209. The summed E-state index contributed by atoms with van der Waals surface area (Å²) in [7, 11) is 0. The van der Waals surface area contributed by atoms with E-state index in [2.05, 4.69) is 12.2 Å². The molecule has 0 bridgehead atoms. The van der Waals surface area contributed by atoms with Crippen molar-refractivity contribution in [3.8, 4) is 0 Å². The van der Waals surface area contributed by atoms with Gasteiger partial charge < -0.3 is 15.2 Å². The van der Waals surface area contributed by atoms with Crippen molar-refractivity contribution in [3.05, 3.63) is 0 Å². The van der Waals surface area contributed by atoms with E-state index < -0.39 is 0 Å². The average molecular weight is 171 g/mol. The molecule has 3 nitrogen and oxygen atoms in total. The van der Waals surface area contributed by atoms with E-state index in [9.17, 15) is 5.11 Å². The van der Waals surface area contributed by atoms with E-state index in [1.54, 1.807) is 0 Å². The number of aliphatic hydroxyl groups is 1. The minimum absolute atomic E-state index is 0.0255. The Morgan fingerprint density at radius 2 is 2.50 bits per heavy atom. The summed E-state index contributed by atoms with van der Waals surface area (Å²) >= 11 is 0. The fourth-order valence-electron chi connectivity index (χ4n) is 2.53. The van der Waals surface area contributed by atoms with Crippen LogP contribution < -0.4 is 5.32 Å². The molecule has 2 fully saturated rings. The van der Waals surface area contributed by atoms with Crippen LogP contribution in [0.4, 0.5) is 0 Å². The highest BCUT2D eigenvalue weighted by Gasteiger charge is 2.47. The maximum absolute atomic E-state index is 9.35. The van der Waals surface area contributed by atoms with Crippen molar-refractivity contribution in [2.45, 2.75) is 32.0 Å². The second-order valence-corrected chi connectivity index (χ2v) is 4.13. The van der Waals surface area contributed by atoms with Crippen molar-refractivity contribution < 1.29 is 9.84 Å². The third-order valence-corrected chi connectivity index (χ3v) is 3.15. The Bertz CT molecular complexity index is 174. The first kappa shape index (κ1) is 8.48. The predicted molar refractivity (Wildman–Crippen MR) is 46.0 cm³/mol. The summed E-state index contributed by atoms with van der Waals surface area (Å²) in [6.07, 6.45) is 2.66. The predicted octanol–water partition coefficient (Wildman–Crippen LogP) is 0.136. The number of rotatable bonds is 1. The van der Waals surface area contributed by atoms with Gasteiger partial charge in [0, 0.05) is 12.0 Å². The molecule has 0 saturated carbocycles. The zero-order valence-corrected chi connectivity index (χ0v) is 7.55. The van der Waals surface area contributed by atoms with Crippen molar-refractivity contribution in [3.63, 3.8) is 0 Å². The van der Waals surface area contributed by atoms with Gasteiger partial charge in [-0.05, 0) is 26.3 Å². The van der Waals surface area contributed by atoms with Crippen molar-refractivity contribution in [2.24, 2.45) is 5.41 Å². The van der Waals surface area contributed by atoms with Gasteiger partial charge in [-0.15, -0.1) is 0 Å². The zero-order chi connectivity index (χ0) is 8.60. The van der Waals surface area contributed by atoms with Crippen LogP contribution >= 0.6 is 0 Å².